The summed E-state index contributed by atoms with van der Waals surface area (Å²) < 4.78 is 0. The van der Waals surface area contributed by atoms with Crippen molar-refractivity contribution >= 4 is 31.0 Å². The molecule has 0 amide bonds. The van der Waals surface area contributed by atoms with Crippen LogP contribution in [0.5, 0.6) is 0 Å². The Hall–Kier alpha value is 0.645. The highest BCUT2D eigenvalue weighted by molar-refractivity contribution is 6.47. The smallest absolute Gasteiger partial charge is 0.102 e. The molecule has 40 valence electrons. The van der Waals surface area contributed by atoms with Crippen LogP contribution in [0.3, 0.4) is 0 Å². The van der Waals surface area contributed by atoms with E-state index in [1.165, 1.54) is 0 Å². The van der Waals surface area contributed by atoms with Crippen molar-refractivity contribution < 1.29 is 0 Å². The maximum atomic E-state index is 5.37. The van der Waals surface area contributed by atoms with E-state index in [9.17, 15) is 0 Å². The predicted octanol–water partition coefficient (Wildman–Crippen LogP) is 2.16. The second kappa shape index (κ2) is 3.62. The van der Waals surface area contributed by atoms with Crippen molar-refractivity contribution in [2.75, 3.05) is 0 Å². The van der Waals surface area contributed by atoms with E-state index in [1.807, 2.05) is 6.92 Å². The van der Waals surface area contributed by atoms with Gasteiger partial charge in [-0.05, 0) is 5.82 Å². The van der Waals surface area contributed by atoms with E-state index < -0.39 is 4.84 Å². The maximum Gasteiger partial charge on any atom is 0.102 e. The minimum Gasteiger partial charge on any atom is -0.106 e. The zero-order chi connectivity index (χ0) is 5.86. The van der Waals surface area contributed by atoms with Gasteiger partial charge >= 0.3 is 0 Å². The third kappa shape index (κ3) is 3.25. The summed E-state index contributed by atoms with van der Waals surface area (Å²) in [5, 5.41) is 0. The van der Waals surface area contributed by atoms with E-state index in [0.29, 0.717) is 0 Å². The van der Waals surface area contributed by atoms with Crippen LogP contribution < -0.4 is 0 Å². The Labute approximate surface area is 55.6 Å². The van der Waals surface area contributed by atoms with E-state index >= 15 is 0 Å². The first-order valence-electron chi connectivity index (χ1n) is 2.22. The van der Waals surface area contributed by atoms with E-state index in [4.69, 9.17) is 31.0 Å². The molecular weight excluding hydrogens is 130 g/mol. The van der Waals surface area contributed by atoms with Crippen LogP contribution in [-0.2, 0) is 0 Å². The van der Waals surface area contributed by atoms with Crippen LogP contribution in [0.1, 0.15) is 13.3 Å². The molecule has 0 bridgehead atoms. The van der Waals surface area contributed by atoms with Gasteiger partial charge in [-0.3, -0.25) is 0 Å². The topological polar surface area (TPSA) is 0 Å². The fourth-order valence-corrected chi connectivity index (χ4v) is 0.535. The minimum absolute atomic E-state index is 0.0664. The molecule has 0 aliphatic rings. The Morgan fingerprint density at radius 1 is 1.57 bits per heavy atom. The van der Waals surface area contributed by atoms with Crippen LogP contribution in [0, 0.1) is 0 Å². The average Bonchev–Trinajstić information content (AvgIpc) is 1.65. The minimum atomic E-state index is -0.412. The van der Waals surface area contributed by atoms with Crippen molar-refractivity contribution in [1.29, 1.82) is 0 Å². The molecule has 0 aliphatic heterocycles. The molecule has 0 unspecified atom stereocenters. The number of hydrogen-bond acceptors (Lipinski definition) is 0. The van der Waals surface area contributed by atoms with Gasteiger partial charge in [-0.25, -0.2) is 0 Å². The molecule has 0 aromatic carbocycles. The summed E-state index contributed by atoms with van der Waals surface area (Å²) in [6.45, 7) is 1.95. The molecule has 7 heavy (non-hydrogen) atoms. The lowest BCUT2D eigenvalue weighted by Crippen LogP contribution is -1.98. The largest absolute Gasteiger partial charge is 0.106 e. The lowest BCUT2D eigenvalue weighted by Gasteiger charge is -2.06. The van der Waals surface area contributed by atoms with Crippen LogP contribution in [0.4, 0.5) is 0 Å². The van der Waals surface area contributed by atoms with Gasteiger partial charge < -0.3 is 0 Å². The molecule has 1 atom stereocenters. The summed E-state index contributed by atoms with van der Waals surface area (Å²) in [6, 6.07) is 0. The lowest BCUT2D eigenvalue weighted by molar-refractivity contribution is 0.854. The normalized spacial score (nSPS) is 14.9. The number of hydrogen-bond donors (Lipinski definition) is 0. The van der Waals surface area contributed by atoms with Gasteiger partial charge in [-0.1, -0.05) is 13.3 Å². The van der Waals surface area contributed by atoms with Crippen molar-refractivity contribution in [1.82, 2.24) is 0 Å². The second-order valence-electron chi connectivity index (χ2n) is 1.41. The molecular formula is C4H7BCl2. The Kier molecular flexibility index (Phi) is 3.96. The van der Waals surface area contributed by atoms with Crippen molar-refractivity contribution in [2.45, 2.75) is 24.0 Å². The Morgan fingerprint density at radius 3 is 2.00 bits per heavy atom. The summed E-state index contributed by atoms with van der Waals surface area (Å²) >= 11 is 10.7. The van der Waals surface area contributed by atoms with Gasteiger partial charge in [0.2, 0.25) is 0 Å². The highest BCUT2D eigenvalue weighted by atomic mass is 35.5. The van der Waals surface area contributed by atoms with Gasteiger partial charge in [0, 0.05) is 0 Å². The molecule has 0 nitrogen and oxygen atoms in total. The molecule has 0 heterocycles. The third-order valence-corrected chi connectivity index (χ3v) is 1.44. The first-order valence-corrected chi connectivity index (χ1v) is 3.09. The molecule has 0 saturated carbocycles. The second-order valence-corrected chi connectivity index (χ2v) is 2.57. The van der Waals surface area contributed by atoms with Gasteiger partial charge in [-0.2, -0.15) is 0 Å². The zero-order valence-electron chi connectivity index (χ0n) is 4.20. The van der Waals surface area contributed by atoms with Crippen LogP contribution >= 0.6 is 23.2 Å². The standard InChI is InChI=1S/C4H7BCl2/c1-2-3(5)4(6)7/h3-4H,2H2,1H3/t3-/m1/s1. The summed E-state index contributed by atoms with van der Waals surface area (Å²) in [5.41, 5.74) is 0. The molecule has 0 spiro atoms. The molecule has 0 saturated heterocycles. The molecule has 0 aromatic heterocycles. The van der Waals surface area contributed by atoms with E-state index in [0.717, 1.165) is 6.42 Å². The fraction of sp³-hybridized carbons (Fsp3) is 1.00. The number of rotatable bonds is 2. The zero-order valence-corrected chi connectivity index (χ0v) is 5.71. The van der Waals surface area contributed by atoms with E-state index in [2.05, 4.69) is 0 Å². The Morgan fingerprint density at radius 2 is 2.00 bits per heavy atom. The average molecular weight is 137 g/mol. The fourth-order valence-electron chi connectivity index (χ4n) is 0.178. The van der Waals surface area contributed by atoms with Gasteiger partial charge in [0.15, 0.2) is 0 Å². The summed E-state index contributed by atoms with van der Waals surface area (Å²) in [7, 11) is 5.35. The van der Waals surface area contributed by atoms with Crippen molar-refractivity contribution in [3.63, 3.8) is 0 Å². The van der Waals surface area contributed by atoms with Gasteiger partial charge in [0.25, 0.3) is 0 Å². The highest BCUT2D eigenvalue weighted by Crippen LogP contribution is 2.19. The SMILES string of the molecule is [B][C@H](CC)C(Cl)Cl. The van der Waals surface area contributed by atoms with Crippen LogP contribution in [0.25, 0.3) is 0 Å². The van der Waals surface area contributed by atoms with Crippen molar-refractivity contribution in [2.24, 2.45) is 0 Å². The maximum absolute atomic E-state index is 5.37. The van der Waals surface area contributed by atoms with E-state index in [1.54, 1.807) is 0 Å². The molecule has 3 heteroatoms. The molecule has 0 aromatic rings. The molecule has 0 rings (SSSR count). The first-order chi connectivity index (χ1) is 3.18. The van der Waals surface area contributed by atoms with E-state index in [-0.39, 0.29) is 5.82 Å². The summed E-state index contributed by atoms with van der Waals surface area (Å²) in [6.07, 6.45) is 0.831. The summed E-state index contributed by atoms with van der Waals surface area (Å²) in [4.78, 5) is -0.412. The Balaban J connectivity index is 3.14. The molecule has 0 fully saturated rings. The van der Waals surface area contributed by atoms with Gasteiger partial charge in [-0.15, -0.1) is 23.2 Å². The summed E-state index contributed by atoms with van der Waals surface area (Å²) in [5.74, 6) is -0.0664. The molecule has 2 radical (unpaired) electrons. The molecule has 0 N–H and O–H groups in total. The quantitative estimate of drug-likeness (QED) is 0.403. The van der Waals surface area contributed by atoms with Crippen molar-refractivity contribution in [3.05, 3.63) is 0 Å². The Bertz CT molecular complexity index is 47.0. The van der Waals surface area contributed by atoms with Gasteiger partial charge in [0.1, 0.15) is 4.84 Å². The van der Waals surface area contributed by atoms with Crippen molar-refractivity contribution in [3.8, 4) is 0 Å². The monoisotopic (exact) mass is 136 g/mol. The first kappa shape index (κ1) is 7.64. The van der Waals surface area contributed by atoms with Crippen LogP contribution in [0.15, 0.2) is 0 Å². The van der Waals surface area contributed by atoms with Crippen LogP contribution in [-0.4, -0.2) is 12.7 Å². The molecule has 0 aliphatic carbocycles. The van der Waals surface area contributed by atoms with Crippen LogP contribution in [0.2, 0.25) is 5.82 Å². The highest BCUT2D eigenvalue weighted by Gasteiger charge is 2.05. The number of alkyl halides is 2. The third-order valence-electron chi connectivity index (χ3n) is 0.795. The predicted molar refractivity (Wildman–Crippen MR) is 35.3 cm³/mol. The lowest BCUT2D eigenvalue weighted by atomic mass is 9.87. The number of halogens is 2. The van der Waals surface area contributed by atoms with Gasteiger partial charge in [0.05, 0.1) is 7.85 Å².